The number of aromatic nitrogens is 1. The predicted molar refractivity (Wildman–Crippen MR) is 89.2 cm³/mol. The number of fused-ring (bicyclic) bond motifs is 1. The van der Waals surface area contributed by atoms with Crippen LogP contribution in [0.3, 0.4) is 0 Å². The predicted octanol–water partition coefficient (Wildman–Crippen LogP) is 2.41. The van der Waals surface area contributed by atoms with Crippen molar-refractivity contribution in [3.8, 4) is 0 Å². The molecule has 3 N–H and O–H groups in total. The first kappa shape index (κ1) is 15.4. The zero-order valence-corrected chi connectivity index (χ0v) is 13.5. The lowest BCUT2D eigenvalue weighted by Crippen LogP contribution is -2.45. The number of urea groups is 1. The molecule has 1 aliphatic heterocycles. The molecule has 2 heterocycles. The van der Waals surface area contributed by atoms with Gasteiger partial charge in [0.15, 0.2) is 0 Å². The van der Waals surface area contributed by atoms with Crippen LogP contribution in [0.15, 0.2) is 24.4 Å². The third kappa shape index (κ3) is 2.65. The number of aliphatic hydroxyl groups excluding tert-OH is 1. The largest absolute Gasteiger partial charge is 0.393 e. The minimum Gasteiger partial charge on any atom is -0.393 e. The van der Waals surface area contributed by atoms with Gasteiger partial charge in [-0.3, -0.25) is 0 Å². The van der Waals surface area contributed by atoms with Gasteiger partial charge < -0.3 is 20.3 Å². The van der Waals surface area contributed by atoms with Crippen LogP contribution >= 0.6 is 0 Å². The summed E-state index contributed by atoms with van der Waals surface area (Å²) in [5.74, 6) is -0.236. The zero-order chi connectivity index (χ0) is 16.7. The Morgan fingerprint density at radius 3 is 3.08 bits per heavy atom. The van der Waals surface area contributed by atoms with E-state index in [-0.39, 0.29) is 23.4 Å². The van der Waals surface area contributed by atoms with Crippen LogP contribution < -0.4 is 5.32 Å². The highest BCUT2D eigenvalue weighted by Crippen LogP contribution is 2.48. The molecule has 0 bridgehead atoms. The molecule has 0 unspecified atom stereocenters. The van der Waals surface area contributed by atoms with E-state index in [0.717, 1.165) is 43.4 Å². The molecule has 1 spiro atoms. The highest BCUT2D eigenvalue weighted by atomic mass is 19.1. The van der Waals surface area contributed by atoms with Crippen LogP contribution in [0, 0.1) is 11.2 Å². The summed E-state index contributed by atoms with van der Waals surface area (Å²) in [6, 6.07) is 4.92. The lowest BCUT2D eigenvalue weighted by Gasteiger charge is -2.42. The van der Waals surface area contributed by atoms with Gasteiger partial charge >= 0.3 is 6.03 Å². The maximum absolute atomic E-state index is 13.9. The molecule has 128 valence electrons. The first-order valence-electron chi connectivity index (χ1n) is 8.52. The number of aromatic amines is 1. The number of rotatable bonds is 3. The van der Waals surface area contributed by atoms with Gasteiger partial charge in [0.2, 0.25) is 0 Å². The number of nitrogens with zero attached hydrogens (tertiary/aromatic N) is 1. The van der Waals surface area contributed by atoms with E-state index in [0.29, 0.717) is 18.4 Å². The van der Waals surface area contributed by atoms with E-state index in [1.54, 1.807) is 12.3 Å². The molecule has 24 heavy (non-hydrogen) atoms. The smallest absolute Gasteiger partial charge is 0.317 e. The van der Waals surface area contributed by atoms with Crippen molar-refractivity contribution in [2.45, 2.75) is 31.8 Å². The fraction of sp³-hybridized carbons (Fsp3) is 0.500. The normalized spacial score (nSPS) is 26.1. The Morgan fingerprint density at radius 2 is 2.29 bits per heavy atom. The first-order chi connectivity index (χ1) is 11.6. The lowest BCUT2D eigenvalue weighted by molar-refractivity contribution is -0.0233. The number of halogens is 1. The molecule has 0 atom stereocenters. The number of carbonyl (C=O) groups excluding carboxylic acids is 1. The summed E-state index contributed by atoms with van der Waals surface area (Å²) in [6.45, 7) is 1.96. The molecule has 1 saturated carbocycles. The molecule has 1 aromatic heterocycles. The molecule has 0 radical (unpaired) electrons. The molecular formula is C18H22FN3O2. The zero-order valence-electron chi connectivity index (χ0n) is 13.5. The number of carbonyl (C=O) groups is 1. The number of H-pyrrole nitrogens is 1. The van der Waals surface area contributed by atoms with Crippen molar-refractivity contribution in [1.29, 1.82) is 0 Å². The van der Waals surface area contributed by atoms with Crippen LogP contribution in [0.4, 0.5) is 9.18 Å². The third-order valence-electron chi connectivity index (χ3n) is 5.47. The Labute approximate surface area is 139 Å². The molecule has 2 aliphatic rings. The molecule has 1 aromatic carbocycles. The molecule has 1 aliphatic carbocycles. The Balaban J connectivity index is 1.32. The van der Waals surface area contributed by atoms with Crippen molar-refractivity contribution in [1.82, 2.24) is 15.2 Å². The molecule has 2 amide bonds. The van der Waals surface area contributed by atoms with Crippen LogP contribution in [0.1, 0.15) is 24.8 Å². The standard InChI is InChI=1S/C18H22FN3O2/c19-14-2-1-3-15-16(14)12(10-21-15)4-6-20-17(24)22-7-5-18(11-22)8-13(23)9-18/h1-3,10,13,21,23H,4-9,11H2,(H,20,24). The summed E-state index contributed by atoms with van der Waals surface area (Å²) in [5, 5.41) is 13.0. The number of likely N-dealkylation sites (tertiary alicyclic amines) is 1. The Kier molecular flexibility index (Phi) is 3.72. The van der Waals surface area contributed by atoms with Crippen LogP contribution in [0.25, 0.3) is 10.9 Å². The number of aliphatic hydroxyl groups is 1. The van der Waals surface area contributed by atoms with Gasteiger partial charge in [-0.2, -0.15) is 0 Å². The fourth-order valence-electron chi connectivity index (χ4n) is 4.20. The molecule has 1 saturated heterocycles. The minimum absolute atomic E-state index is 0.0615. The van der Waals surface area contributed by atoms with E-state index >= 15 is 0 Å². The van der Waals surface area contributed by atoms with E-state index in [1.165, 1.54) is 6.07 Å². The third-order valence-corrected chi connectivity index (χ3v) is 5.47. The summed E-state index contributed by atoms with van der Waals surface area (Å²) in [4.78, 5) is 17.2. The van der Waals surface area contributed by atoms with Crippen molar-refractivity contribution in [3.63, 3.8) is 0 Å². The van der Waals surface area contributed by atoms with Gasteiger partial charge in [-0.05, 0) is 48.8 Å². The van der Waals surface area contributed by atoms with Crippen LogP contribution in [0.2, 0.25) is 0 Å². The Hall–Kier alpha value is -2.08. The van der Waals surface area contributed by atoms with E-state index < -0.39 is 0 Å². The molecule has 5 nitrogen and oxygen atoms in total. The van der Waals surface area contributed by atoms with Gasteiger partial charge in [-0.25, -0.2) is 9.18 Å². The summed E-state index contributed by atoms with van der Waals surface area (Å²) < 4.78 is 13.9. The van der Waals surface area contributed by atoms with Crippen molar-refractivity contribution in [2.24, 2.45) is 5.41 Å². The fourth-order valence-corrected chi connectivity index (χ4v) is 4.20. The average Bonchev–Trinajstić information content (AvgIpc) is 3.13. The number of hydrogen-bond donors (Lipinski definition) is 3. The number of amides is 2. The highest BCUT2D eigenvalue weighted by molar-refractivity contribution is 5.84. The minimum atomic E-state index is -0.236. The van der Waals surface area contributed by atoms with Gasteiger partial charge in [-0.15, -0.1) is 0 Å². The first-order valence-corrected chi connectivity index (χ1v) is 8.52. The van der Waals surface area contributed by atoms with Crippen LogP contribution in [-0.4, -0.2) is 46.8 Å². The second-order valence-corrected chi connectivity index (χ2v) is 7.19. The average molecular weight is 331 g/mol. The molecule has 6 heteroatoms. The Morgan fingerprint density at radius 1 is 1.46 bits per heavy atom. The lowest BCUT2D eigenvalue weighted by atomic mass is 9.66. The number of benzene rings is 1. The molecule has 2 aromatic rings. The number of nitrogens with one attached hydrogen (secondary N) is 2. The van der Waals surface area contributed by atoms with Crippen molar-refractivity contribution in [3.05, 3.63) is 35.8 Å². The SMILES string of the molecule is O=C(NCCc1c[nH]c2cccc(F)c12)N1CCC2(CC(O)C2)C1. The topological polar surface area (TPSA) is 68.4 Å². The van der Waals surface area contributed by atoms with Gasteiger partial charge in [-0.1, -0.05) is 6.07 Å². The van der Waals surface area contributed by atoms with E-state index in [4.69, 9.17) is 0 Å². The Bertz CT molecular complexity index is 767. The van der Waals surface area contributed by atoms with Gasteiger partial charge in [0.1, 0.15) is 5.82 Å². The second kappa shape index (κ2) is 5.77. The maximum atomic E-state index is 13.9. The summed E-state index contributed by atoms with van der Waals surface area (Å²) in [7, 11) is 0. The number of hydrogen-bond acceptors (Lipinski definition) is 2. The molecule has 2 fully saturated rings. The van der Waals surface area contributed by atoms with Crippen molar-refractivity contribution in [2.75, 3.05) is 19.6 Å². The summed E-state index contributed by atoms with van der Waals surface area (Å²) in [6.07, 6.45) is 4.80. The molecule has 4 rings (SSSR count). The monoisotopic (exact) mass is 331 g/mol. The van der Waals surface area contributed by atoms with Gasteiger partial charge in [0.05, 0.1) is 6.10 Å². The molecular weight excluding hydrogens is 309 g/mol. The maximum Gasteiger partial charge on any atom is 0.317 e. The summed E-state index contributed by atoms with van der Waals surface area (Å²) >= 11 is 0. The quantitative estimate of drug-likeness (QED) is 0.808. The summed E-state index contributed by atoms with van der Waals surface area (Å²) in [5.41, 5.74) is 1.81. The second-order valence-electron chi connectivity index (χ2n) is 7.19. The van der Waals surface area contributed by atoms with Crippen LogP contribution in [0.5, 0.6) is 0 Å². The van der Waals surface area contributed by atoms with Crippen molar-refractivity contribution >= 4 is 16.9 Å². The highest BCUT2D eigenvalue weighted by Gasteiger charge is 2.48. The van der Waals surface area contributed by atoms with Gasteiger partial charge in [0, 0.05) is 36.7 Å². The van der Waals surface area contributed by atoms with Crippen LogP contribution in [-0.2, 0) is 6.42 Å². The van der Waals surface area contributed by atoms with E-state index in [9.17, 15) is 14.3 Å². The van der Waals surface area contributed by atoms with E-state index in [2.05, 4.69) is 10.3 Å². The van der Waals surface area contributed by atoms with E-state index in [1.807, 2.05) is 11.0 Å². The van der Waals surface area contributed by atoms with Crippen molar-refractivity contribution < 1.29 is 14.3 Å². The van der Waals surface area contributed by atoms with Gasteiger partial charge in [0.25, 0.3) is 0 Å².